The van der Waals surface area contributed by atoms with E-state index in [2.05, 4.69) is 20.8 Å². The van der Waals surface area contributed by atoms with Gasteiger partial charge in [0.25, 0.3) is 0 Å². The first-order chi connectivity index (χ1) is 10.9. The summed E-state index contributed by atoms with van der Waals surface area (Å²) in [7, 11) is 0. The third-order valence-corrected chi connectivity index (χ3v) is 3.82. The molecule has 1 atom stereocenters. The van der Waals surface area contributed by atoms with Crippen molar-refractivity contribution in [3.63, 3.8) is 0 Å². The number of hydrogen-bond acceptors (Lipinski definition) is 3. The Morgan fingerprint density at radius 2 is 1.65 bits per heavy atom. The molecule has 0 fully saturated rings. The maximum atomic E-state index is 12.0. The number of hydrogen-bond donors (Lipinski definition) is 1. The van der Waals surface area contributed by atoms with Gasteiger partial charge in [-0.3, -0.25) is 0 Å². The van der Waals surface area contributed by atoms with Gasteiger partial charge in [0.1, 0.15) is 6.10 Å². The summed E-state index contributed by atoms with van der Waals surface area (Å²) < 4.78 is 5.48. The second-order valence-electron chi connectivity index (χ2n) is 6.60. The number of carboxylic acids is 1. The molecular weight excluding hydrogens is 292 g/mol. The monoisotopic (exact) mass is 326 g/mol. The van der Waals surface area contributed by atoms with Crippen LogP contribution >= 0.6 is 0 Å². The summed E-state index contributed by atoms with van der Waals surface area (Å²) in [6.07, 6.45) is 9.15. The minimum absolute atomic E-state index is 0.0999. The Hall–Kier alpha value is -1.32. The van der Waals surface area contributed by atoms with Gasteiger partial charge in [-0.1, -0.05) is 53.4 Å². The lowest BCUT2D eigenvalue weighted by Gasteiger charge is -2.17. The van der Waals surface area contributed by atoms with Crippen molar-refractivity contribution in [3.05, 3.63) is 11.6 Å². The van der Waals surface area contributed by atoms with Crippen LogP contribution in [0.25, 0.3) is 0 Å². The van der Waals surface area contributed by atoms with E-state index in [1.165, 1.54) is 6.42 Å². The quantitative estimate of drug-likeness (QED) is 0.290. The number of esters is 1. The van der Waals surface area contributed by atoms with Crippen LogP contribution < -0.4 is 0 Å². The van der Waals surface area contributed by atoms with Gasteiger partial charge in [0.2, 0.25) is 0 Å². The van der Waals surface area contributed by atoms with Crippen LogP contribution in [0.2, 0.25) is 0 Å². The molecule has 0 rings (SSSR count). The number of unbranched alkanes of at least 4 members (excludes halogenated alkanes) is 2. The Morgan fingerprint density at radius 3 is 2.17 bits per heavy atom. The van der Waals surface area contributed by atoms with Gasteiger partial charge in [-0.05, 0) is 38.0 Å². The van der Waals surface area contributed by atoms with E-state index in [9.17, 15) is 9.59 Å². The number of carboxylic acid groups (broad SMARTS) is 1. The molecule has 0 aliphatic heterocycles. The Morgan fingerprint density at radius 1 is 1.00 bits per heavy atom. The number of aliphatic carboxylic acids is 1. The van der Waals surface area contributed by atoms with Gasteiger partial charge < -0.3 is 9.84 Å². The van der Waals surface area contributed by atoms with E-state index < -0.39 is 11.9 Å². The summed E-state index contributed by atoms with van der Waals surface area (Å²) in [5.74, 6) is -0.845. The minimum Gasteiger partial charge on any atom is -0.478 e. The topological polar surface area (TPSA) is 63.6 Å². The maximum Gasteiger partial charge on any atom is 0.331 e. The summed E-state index contributed by atoms with van der Waals surface area (Å²) in [5, 5.41) is 9.14. The third kappa shape index (κ3) is 11.8. The number of rotatable bonds is 13. The molecule has 0 bridgehead atoms. The van der Waals surface area contributed by atoms with Gasteiger partial charge in [0, 0.05) is 11.6 Å². The molecule has 0 aliphatic carbocycles. The number of ether oxygens (including phenoxy) is 1. The zero-order valence-corrected chi connectivity index (χ0v) is 15.3. The molecule has 0 spiro atoms. The molecule has 1 unspecified atom stereocenters. The van der Waals surface area contributed by atoms with Crippen molar-refractivity contribution < 1.29 is 19.4 Å². The molecule has 23 heavy (non-hydrogen) atoms. The first kappa shape index (κ1) is 21.7. The van der Waals surface area contributed by atoms with Crippen LogP contribution in [-0.4, -0.2) is 23.1 Å². The van der Waals surface area contributed by atoms with Crippen molar-refractivity contribution in [2.75, 3.05) is 0 Å². The Kier molecular flexibility index (Phi) is 12.4. The fourth-order valence-electron chi connectivity index (χ4n) is 2.46. The lowest BCUT2D eigenvalue weighted by Crippen LogP contribution is -2.18. The van der Waals surface area contributed by atoms with Crippen LogP contribution in [-0.2, 0) is 14.3 Å². The van der Waals surface area contributed by atoms with Gasteiger partial charge in [-0.15, -0.1) is 0 Å². The SMILES string of the molecule is CCCCC(=CC(=O)OC(CCC)CCCCC(C)C)C(=O)O. The highest BCUT2D eigenvalue weighted by Crippen LogP contribution is 2.16. The lowest BCUT2D eigenvalue weighted by atomic mass is 10.0. The third-order valence-electron chi connectivity index (χ3n) is 3.82. The van der Waals surface area contributed by atoms with Crippen molar-refractivity contribution in [1.29, 1.82) is 0 Å². The minimum atomic E-state index is -1.03. The largest absolute Gasteiger partial charge is 0.478 e. The zero-order valence-electron chi connectivity index (χ0n) is 15.3. The highest BCUT2D eigenvalue weighted by Gasteiger charge is 2.15. The van der Waals surface area contributed by atoms with Crippen LogP contribution in [0.3, 0.4) is 0 Å². The molecule has 0 amide bonds. The van der Waals surface area contributed by atoms with Crippen molar-refractivity contribution in [2.24, 2.45) is 5.92 Å². The predicted molar refractivity (Wildman–Crippen MR) is 93.3 cm³/mol. The first-order valence-corrected chi connectivity index (χ1v) is 9.05. The normalized spacial score (nSPS) is 13.2. The van der Waals surface area contributed by atoms with Crippen LogP contribution in [0.15, 0.2) is 11.6 Å². The molecular formula is C19H34O4. The van der Waals surface area contributed by atoms with E-state index in [4.69, 9.17) is 9.84 Å². The molecule has 1 N–H and O–H groups in total. The van der Waals surface area contributed by atoms with Crippen LogP contribution in [0.4, 0.5) is 0 Å². The number of carbonyl (C=O) groups is 2. The van der Waals surface area contributed by atoms with E-state index in [1.54, 1.807) is 0 Å². The van der Waals surface area contributed by atoms with Crippen LogP contribution in [0, 0.1) is 5.92 Å². The molecule has 4 heteroatoms. The molecule has 0 aromatic rings. The molecule has 0 aromatic carbocycles. The second-order valence-corrected chi connectivity index (χ2v) is 6.60. The Labute approximate surface area is 141 Å². The maximum absolute atomic E-state index is 12.0. The summed E-state index contributed by atoms with van der Waals surface area (Å²) in [4.78, 5) is 23.1. The molecule has 0 saturated heterocycles. The standard InChI is InChI=1S/C19H34O4/c1-5-7-12-16(19(21)22)14-18(20)23-17(10-6-2)13-9-8-11-15(3)4/h14-15,17H,5-13H2,1-4H3,(H,21,22). The molecule has 0 radical (unpaired) electrons. The van der Waals surface area contributed by atoms with Crippen molar-refractivity contribution >= 4 is 11.9 Å². The highest BCUT2D eigenvalue weighted by molar-refractivity contribution is 5.95. The van der Waals surface area contributed by atoms with E-state index in [0.29, 0.717) is 12.3 Å². The Balaban J connectivity index is 4.47. The fraction of sp³-hybridized carbons (Fsp3) is 0.789. The second kappa shape index (κ2) is 13.1. The highest BCUT2D eigenvalue weighted by atomic mass is 16.5. The molecule has 0 heterocycles. The van der Waals surface area contributed by atoms with Crippen molar-refractivity contribution in [1.82, 2.24) is 0 Å². The van der Waals surface area contributed by atoms with E-state index >= 15 is 0 Å². The van der Waals surface area contributed by atoms with E-state index in [0.717, 1.165) is 51.0 Å². The zero-order chi connectivity index (χ0) is 17.7. The smallest absolute Gasteiger partial charge is 0.331 e. The van der Waals surface area contributed by atoms with E-state index in [-0.39, 0.29) is 11.7 Å². The van der Waals surface area contributed by atoms with Crippen LogP contribution in [0.1, 0.15) is 85.5 Å². The van der Waals surface area contributed by atoms with Crippen molar-refractivity contribution in [2.45, 2.75) is 91.6 Å². The lowest BCUT2D eigenvalue weighted by molar-refractivity contribution is -0.144. The molecule has 134 valence electrons. The molecule has 0 aliphatic rings. The van der Waals surface area contributed by atoms with Gasteiger partial charge in [0.05, 0.1) is 0 Å². The summed E-state index contributed by atoms with van der Waals surface area (Å²) in [5.41, 5.74) is 0.145. The van der Waals surface area contributed by atoms with Gasteiger partial charge in [-0.2, -0.15) is 0 Å². The number of carbonyl (C=O) groups excluding carboxylic acids is 1. The van der Waals surface area contributed by atoms with Gasteiger partial charge in [-0.25, -0.2) is 9.59 Å². The first-order valence-electron chi connectivity index (χ1n) is 9.05. The summed E-state index contributed by atoms with van der Waals surface area (Å²) in [6.45, 7) is 8.47. The van der Waals surface area contributed by atoms with Crippen LogP contribution in [0.5, 0.6) is 0 Å². The summed E-state index contributed by atoms with van der Waals surface area (Å²) >= 11 is 0. The molecule has 4 nitrogen and oxygen atoms in total. The van der Waals surface area contributed by atoms with E-state index in [1.807, 2.05) is 6.92 Å². The van der Waals surface area contributed by atoms with Crippen molar-refractivity contribution in [3.8, 4) is 0 Å². The molecule has 0 aromatic heterocycles. The fourth-order valence-corrected chi connectivity index (χ4v) is 2.46. The van der Waals surface area contributed by atoms with Gasteiger partial charge in [0.15, 0.2) is 0 Å². The molecule has 0 saturated carbocycles. The summed E-state index contributed by atoms with van der Waals surface area (Å²) in [6, 6.07) is 0. The predicted octanol–water partition coefficient (Wildman–Crippen LogP) is 5.12. The Bertz CT molecular complexity index is 372. The van der Waals surface area contributed by atoms with Gasteiger partial charge >= 0.3 is 11.9 Å². The average Bonchev–Trinajstić information content (AvgIpc) is 2.47. The average molecular weight is 326 g/mol.